The molecule has 2 atom stereocenters. The standard InChI is InChI=1S/C20H24FN3O3/c1-22-18-15(3-2-9-23-18)12-24-10-8-17(25)20(13-24,19(26)27)11-14-4-6-16(21)7-5-14/h2-7,9,17,25H,8,10-13H2,1H3,(H,22,23)(H,26,27)/t17-,20+/m0/s1. The largest absolute Gasteiger partial charge is 0.481 e. The Morgan fingerprint density at radius 3 is 2.78 bits per heavy atom. The zero-order valence-electron chi connectivity index (χ0n) is 15.2. The average Bonchev–Trinajstić information content (AvgIpc) is 2.66. The third-order valence-corrected chi connectivity index (χ3v) is 5.24. The number of nitrogens with one attached hydrogen (secondary N) is 1. The average molecular weight is 373 g/mol. The van der Waals surface area contributed by atoms with Crippen molar-refractivity contribution >= 4 is 11.8 Å². The molecule has 1 aromatic heterocycles. The summed E-state index contributed by atoms with van der Waals surface area (Å²) in [5.74, 6) is -0.655. The van der Waals surface area contributed by atoms with E-state index >= 15 is 0 Å². The molecule has 0 saturated carbocycles. The number of hydrogen-bond acceptors (Lipinski definition) is 5. The molecule has 6 nitrogen and oxygen atoms in total. The number of rotatable bonds is 6. The van der Waals surface area contributed by atoms with Crippen molar-refractivity contribution in [1.29, 1.82) is 0 Å². The van der Waals surface area contributed by atoms with Gasteiger partial charge in [0, 0.05) is 38.4 Å². The fraction of sp³-hybridized carbons (Fsp3) is 0.400. The molecule has 3 N–H and O–H groups in total. The fourth-order valence-corrected chi connectivity index (χ4v) is 3.76. The van der Waals surface area contributed by atoms with Crippen LogP contribution in [0.3, 0.4) is 0 Å². The number of piperidine rings is 1. The van der Waals surface area contributed by atoms with Gasteiger partial charge in [-0.1, -0.05) is 18.2 Å². The van der Waals surface area contributed by atoms with Gasteiger partial charge in [-0.25, -0.2) is 9.37 Å². The Labute approximate surface area is 157 Å². The van der Waals surface area contributed by atoms with Crippen LogP contribution in [0.25, 0.3) is 0 Å². The Kier molecular flexibility index (Phi) is 5.72. The summed E-state index contributed by atoms with van der Waals surface area (Å²) < 4.78 is 13.2. The smallest absolute Gasteiger partial charge is 0.313 e. The highest BCUT2D eigenvalue weighted by atomic mass is 19.1. The van der Waals surface area contributed by atoms with Crippen LogP contribution in [0.5, 0.6) is 0 Å². The molecular weight excluding hydrogens is 349 g/mol. The van der Waals surface area contributed by atoms with Gasteiger partial charge in [0.25, 0.3) is 0 Å². The summed E-state index contributed by atoms with van der Waals surface area (Å²) in [6.07, 6.45) is 1.24. The Morgan fingerprint density at radius 2 is 2.11 bits per heavy atom. The molecule has 144 valence electrons. The number of aliphatic hydroxyl groups excluding tert-OH is 1. The lowest BCUT2D eigenvalue weighted by Gasteiger charge is -2.43. The second-order valence-electron chi connectivity index (χ2n) is 7.04. The van der Waals surface area contributed by atoms with Crippen molar-refractivity contribution in [2.45, 2.75) is 25.5 Å². The molecule has 0 bridgehead atoms. The molecule has 2 aromatic rings. The Balaban J connectivity index is 1.84. The fourth-order valence-electron chi connectivity index (χ4n) is 3.76. The number of likely N-dealkylation sites (tertiary alicyclic amines) is 1. The molecule has 1 aromatic carbocycles. The van der Waals surface area contributed by atoms with Gasteiger partial charge < -0.3 is 15.5 Å². The number of benzene rings is 1. The molecule has 0 radical (unpaired) electrons. The molecule has 0 unspecified atom stereocenters. The summed E-state index contributed by atoms with van der Waals surface area (Å²) in [5.41, 5.74) is 0.326. The molecular formula is C20H24FN3O3. The van der Waals surface area contributed by atoms with Crippen molar-refractivity contribution in [3.63, 3.8) is 0 Å². The highest BCUT2D eigenvalue weighted by Gasteiger charge is 2.49. The lowest BCUT2D eigenvalue weighted by Crippen LogP contribution is -2.56. The summed E-state index contributed by atoms with van der Waals surface area (Å²) in [6.45, 7) is 1.34. The predicted octanol–water partition coefficient (Wildman–Crippen LogP) is 2.14. The lowest BCUT2D eigenvalue weighted by atomic mass is 9.72. The zero-order chi connectivity index (χ0) is 19.4. The first-order valence-electron chi connectivity index (χ1n) is 8.94. The minimum atomic E-state index is -1.34. The number of carboxylic acid groups (broad SMARTS) is 1. The number of pyridine rings is 1. The molecule has 2 heterocycles. The topological polar surface area (TPSA) is 85.7 Å². The Bertz CT molecular complexity index is 799. The van der Waals surface area contributed by atoms with E-state index in [0.29, 0.717) is 25.1 Å². The summed E-state index contributed by atoms with van der Waals surface area (Å²) in [5, 5.41) is 23.6. The molecule has 1 fully saturated rings. The van der Waals surface area contributed by atoms with E-state index in [4.69, 9.17) is 0 Å². The van der Waals surface area contributed by atoms with Crippen molar-refractivity contribution < 1.29 is 19.4 Å². The van der Waals surface area contributed by atoms with Crippen LogP contribution in [0, 0.1) is 11.2 Å². The Hall–Kier alpha value is -2.51. The summed E-state index contributed by atoms with van der Waals surface area (Å²) >= 11 is 0. The normalized spacial score (nSPS) is 23.1. The number of aliphatic hydroxyl groups is 1. The number of aromatic nitrogens is 1. The van der Waals surface area contributed by atoms with Crippen molar-refractivity contribution in [2.75, 3.05) is 25.5 Å². The van der Waals surface area contributed by atoms with Gasteiger partial charge in [-0.3, -0.25) is 9.69 Å². The van der Waals surface area contributed by atoms with Gasteiger partial charge in [-0.05, 0) is 36.6 Å². The molecule has 7 heteroatoms. The molecule has 27 heavy (non-hydrogen) atoms. The molecule has 1 aliphatic heterocycles. The maximum Gasteiger partial charge on any atom is 0.313 e. The first-order chi connectivity index (χ1) is 12.9. The van der Waals surface area contributed by atoms with Gasteiger partial charge in [-0.2, -0.15) is 0 Å². The molecule has 0 amide bonds. The van der Waals surface area contributed by atoms with Crippen LogP contribution < -0.4 is 5.32 Å². The molecule has 0 spiro atoms. The van der Waals surface area contributed by atoms with Crippen molar-refractivity contribution in [3.8, 4) is 0 Å². The molecule has 1 saturated heterocycles. The second kappa shape index (κ2) is 8.02. The number of halogens is 1. The van der Waals surface area contributed by atoms with Crippen LogP contribution in [-0.2, 0) is 17.8 Å². The lowest BCUT2D eigenvalue weighted by molar-refractivity contribution is -0.163. The second-order valence-corrected chi connectivity index (χ2v) is 7.04. The summed E-state index contributed by atoms with van der Waals surface area (Å²) in [4.78, 5) is 18.5. The highest BCUT2D eigenvalue weighted by Crippen LogP contribution is 2.35. The first-order valence-corrected chi connectivity index (χ1v) is 8.94. The van der Waals surface area contributed by atoms with Crippen molar-refractivity contribution in [1.82, 2.24) is 9.88 Å². The van der Waals surface area contributed by atoms with Crippen molar-refractivity contribution in [2.24, 2.45) is 5.41 Å². The van der Waals surface area contributed by atoms with Crippen LogP contribution >= 0.6 is 0 Å². The van der Waals surface area contributed by atoms with E-state index in [9.17, 15) is 19.4 Å². The quantitative estimate of drug-likeness (QED) is 0.719. The van der Waals surface area contributed by atoms with Crippen LogP contribution in [0.2, 0.25) is 0 Å². The van der Waals surface area contributed by atoms with Crippen LogP contribution in [0.1, 0.15) is 17.5 Å². The maximum atomic E-state index is 13.2. The molecule has 0 aliphatic carbocycles. The van der Waals surface area contributed by atoms with Crippen LogP contribution in [-0.4, -0.2) is 52.3 Å². The van der Waals surface area contributed by atoms with E-state index in [2.05, 4.69) is 10.3 Å². The van der Waals surface area contributed by atoms with E-state index in [1.807, 2.05) is 17.0 Å². The van der Waals surface area contributed by atoms with E-state index < -0.39 is 17.5 Å². The monoisotopic (exact) mass is 373 g/mol. The van der Waals surface area contributed by atoms with Gasteiger partial charge in [-0.15, -0.1) is 0 Å². The summed E-state index contributed by atoms with van der Waals surface area (Å²) in [7, 11) is 1.79. The molecule has 3 rings (SSSR count). The molecule has 1 aliphatic rings. The maximum absolute atomic E-state index is 13.2. The number of carbonyl (C=O) groups is 1. The Morgan fingerprint density at radius 1 is 1.37 bits per heavy atom. The van der Waals surface area contributed by atoms with E-state index in [1.54, 1.807) is 25.4 Å². The van der Waals surface area contributed by atoms with Crippen LogP contribution in [0.4, 0.5) is 10.2 Å². The number of hydrogen-bond donors (Lipinski definition) is 3. The van der Waals surface area contributed by atoms with Crippen LogP contribution in [0.15, 0.2) is 42.6 Å². The number of aliphatic carboxylic acids is 1. The first kappa shape index (κ1) is 19.3. The number of anilines is 1. The third-order valence-electron chi connectivity index (χ3n) is 5.24. The van der Waals surface area contributed by atoms with E-state index in [1.165, 1.54) is 12.1 Å². The number of carboxylic acids is 1. The SMILES string of the molecule is CNc1ncccc1CN1CC[C@H](O)[C@](Cc2ccc(F)cc2)(C(=O)O)C1. The van der Waals surface area contributed by atoms with Gasteiger partial charge in [0.05, 0.1) is 6.10 Å². The van der Waals surface area contributed by atoms with Gasteiger partial charge in [0.15, 0.2) is 0 Å². The van der Waals surface area contributed by atoms with E-state index in [-0.39, 0.29) is 18.8 Å². The van der Waals surface area contributed by atoms with Gasteiger partial charge >= 0.3 is 5.97 Å². The number of nitrogens with zero attached hydrogens (tertiary/aromatic N) is 2. The highest BCUT2D eigenvalue weighted by molar-refractivity contribution is 5.76. The van der Waals surface area contributed by atoms with E-state index in [0.717, 1.165) is 11.4 Å². The van der Waals surface area contributed by atoms with Gasteiger partial charge in [0.1, 0.15) is 17.1 Å². The summed E-state index contributed by atoms with van der Waals surface area (Å²) in [6, 6.07) is 9.57. The van der Waals surface area contributed by atoms with Crippen molar-refractivity contribution in [3.05, 3.63) is 59.5 Å². The minimum Gasteiger partial charge on any atom is -0.481 e. The van der Waals surface area contributed by atoms with Gasteiger partial charge in [0.2, 0.25) is 0 Å². The minimum absolute atomic E-state index is 0.145. The third kappa shape index (κ3) is 4.09. The predicted molar refractivity (Wildman–Crippen MR) is 99.9 cm³/mol. The zero-order valence-corrected chi connectivity index (χ0v) is 15.2.